The standard InChI is InChI=1S/C10H13NOS2/c12-5-4-8-7-14-10(11-8)9-3-1-2-6-13-9/h5,7,9H,1-4,6H2. The zero-order valence-corrected chi connectivity index (χ0v) is 9.57. The summed E-state index contributed by atoms with van der Waals surface area (Å²) in [7, 11) is 0. The van der Waals surface area contributed by atoms with E-state index < -0.39 is 0 Å². The lowest BCUT2D eigenvalue weighted by atomic mass is 10.2. The molecule has 14 heavy (non-hydrogen) atoms. The van der Waals surface area contributed by atoms with E-state index >= 15 is 0 Å². The van der Waals surface area contributed by atoms with E-state index in [4.69, 9.17) is 0 Å². The van der Waals surface area contributed by atoms with Crippen LogP contribution in [0.3, 0.4) is 0 Å². The Labute approximate surface area is 92.1 Å². The first-order valence-electron chi connectivity index (χ1n) is 4.89. The number of aldehydes is 1. The van der Waals surface area contributed by atoms with Crippen LogP contribution in [0.15, 0.2) is 5.38 Å². The topological polar surface area (TPSA) is 30.0 Å². The van der Waals surface area contributed by atoms with Gasteiger partial charge in [0.15, 0.2) is 0 Å². The molecule has 2 nitrogen and oxygen atoms in total. The van der Waals surface area contributed by atoms with Gasteiger partial charge < -0.3 is 4.79 Å². The second-order valence-electron chi connectivity index (χ2n) is 3.40. The molecule has 0 aliphatic carbocycles. The van der Waals surface area contributed by atoms with Gasteiger partial charge in [-0.2, -0.15) is 11.8 Å². The summed E-state index contributed by atoms with van der Waals surface area (Å²) < 4.78 is 0. The molecule has 2 heterocycles. The van der Waals surface area contributed by atoms with Gasteiger partial charge in [0.2, 0.25) is 0 Å². The average Bonchev–Trinajstić information content (AvgIpc) is 2.68. The Kier molecular flexibility index (Phi) is 3.59. The predicted octanol–water partition coefficient (Wildman–Crippen LogP) is 2.84. The third kappa shape index (κ3) is 2.36. The monoisotopic (exact) mass is 227 g/mol. The van der Waals surface area contributed by atoms with Gasteiger partial charge in [-0.15, -0.1) is 11.3 Å². The third-order valence-corrected chi connectivity index (χ3v) is 4.86. The molecule has 0 aromatic carbocycles. The van der Waals surface area contributed by atoms with Crippen LogP contribution in [0, 0.1) is 0 Å². The van der Waals surface area contributed by atoms with Gasteiger partial charge in [-0.25, -0.2) is 4.98 Å². The van der Waals surface area contributed by atoms with Gasteiger partial charge in [0, 0.05) is 11.8 Å². The van der Waals surface area contributed by atoms with Crippen molar-refractivity contribution in [2.75, 3.05) is 5.75 Å². The summed E-state index contributed by atoms with van der Waals surface area (Å²) in [6, 6.07) is 0. The van der Waals surface area contributed by atoms with E-state index in [-0.39, 0.29) is 0 Å². The molecule has 0 N–H and O–H groups in total. The maximum absolute atomic E-state index is 10.3. The van der Waals surface area contributed by atoms with Crippen LogP contribution in [0.1, 0.15) is 35.2 Å². The highest BCUT2D eigenvalue weighted by Gasteiger charge is 2.18. The van der Waals surface area contributed by atoms with Crippen molar-refractivity contribution in [3.8, 4) is 0 Å². The highest BCUT2D eigenvalue weighted by molar-refractivity contribution is 7.99. The molecule has 0 bridgehead atoms. The second-order valence-corrected chi connectivity index (χ2v) is 5.60. The molecule has 0 radical (unpaired) electrons. The number of thiazole rings is 1. The molecule has 0 spiro atoms. The Bertz CT molecular complexity index is 305. The fraction of sp³-hybridized carbons (Fsp3) is 0.600. The Morgan fingerprint density at radius 2 is 2.50 bits per heavy atom. The zero-order valence-electron chi connectivity index (χ0n) is 7.94. The average molecular weight is 227 g/mol. The van der Waals surface area contributed by atoms with Crippen molar-refractivity contribution in [3.63, 3.8) is 0 Å². The van der Waals surface area contributed by atoms with Crippen molar-refractivity contribution >= 4 is 29.4 Å². The van der Waals surface area contributed by atoms with Gasteiger partial charge in [-0.1, -0.05) is 6.42 Å². The number of hydrogen-bond acceptors (Lipinski definition) is 4. The summed E-state index contributed by atoms with van der Waals surface area (Å²) in [5, 5.41) is 3.82. The van der Waals surface area contributed by atoms with Crippen molar-refractivity contribution in [1.82, 2.24) is 4.98 Å². The summed E-state index contributed by atoms with van der Waals surface area (Å²) in [6.07, 6.45) is 5.30. The Balaban J connectivity index is 2.03. The quantitative estimate of drug-likeness (QED) is 0.744. The minimum absolute atomic E-state index is 0.466. The molecular weight excluding hydrogens is 214 g/mol. The van der Waals surface area contributed by atoms with Crippen LogP contribution in [0.4, 0.5) is 0 Å². The molecule has 4 heteroatoms. The van der Waals surface area contributed by atoms with Crippen LogP contribution in [0.5, 0.6) is 0 Å². The predicted molar refractivity (Wildman–Crippen MR) is 60.9 cm³/mol. The maximum atomic E-state index is 10.3. The molecule has 0 saturated carbocycles. The van der Waals surface area contributed by atoms with Gasteiger partial charge in [-0.3, -0.25) is 0 Å². The van der Waals surface area contributed by atoms with Gasteiger partial charge in [-0.05, 0) is 18.6 Å². The highest BCUT2D eigenvalue weighted by Crippen LogP contribution is 2.39. The summed E-state index contributed by atoms with van der Waals surface area (Å²) in [5.74, 6) is 1.26. The molecule has 1 saturated heterocycles. The smallest absolute Gasteiger partial charge is 0.125 e. The Morgan fingerprint density at radius 1 is 1.57 bits per heavy atom. The fourth-order valence-corrected chi connectivity index (χ4v) is 3.99. The molecule has 0 amide bonds. The lowest BCUT2D eigenvalue weighted by Gasteiger charge is -2.18. The SMILES string of the molecule is O=CCc1csc(C2CCCCS2)n1. The van der Waals surface area contributed by atoms with Crippen molar-refractivity contribution in [3.05, 3.63) is 16.1 Å². The first-order chi connectivity index (χ1) is 6.90. The minimum atomic E-state index is 0.466. The molecular formula is C10H13NOS2. The second kappa shape index (κ2) is 4.94. The first-order valence-corrected chi connectivity index (χ1v) is 6.82. The lowest BCUT2D eigenvalue weighted by molar-refractivity contribution is -0.107. The number of carbonyl (C=O) groups is 1. The molecule has 76 valence electrons. The van der Waals surface area contributed by atoms with Crippen LogP contribution in [0.2, 0.25) is 0 Å². The molecule has 1 fully saturated rings. The summed E-state index contributed by atoms with van der Waals surface area (Å²) in [6.45, 7) is 0. The van der Waals surface area contributed by atoms with Crippen LogP contribution < -0.4 is 0 Å². The normalized spacial score (nSPS) is 22.1. The molecule has 1 aromatic heterocycles. The summed E-state index contributed by atoms with van der Waals surface area (Å²) >= 11 is 3.71. The summed E-state index contributed by atoms with van der Waals surface area (Å²) in [5.41, 5.74) is 0.936. The molecule has 1 unspecified atom stereocenters. The number of thioether (sulfide) groups is 1. The van der Waals surface area contributed by atoms with Crippen molar-refractivity contribution in [2.24, 2.45) is 0 Å². The van der Waals surface area contributed by atoms with Crippen molar-refractivity contribution in [1.29, 1.82) is 0 Å². The summed E-state index contributed by atoms with van der Waals surface area (Å²) in [4.78, 5) is 14.8. The lowest BCUT2D eigenvalue weighted by Crippen LogP contribution is -2.01. The largest absolute Gasteiger partial charge is 0.303 e. The van der Waals surface area contributed by atoms with Crippen LogP contribution in [0.25, 0.3) is 0 Å². The van der Waals surface area contributed by atoms with E-state index in [9.17, 15) is 4.79 Å². The molecule has 1 atom stereocenters. The van der Waals surface area contributed by atoms with E-state index in [2.05, 4.69) is 4.98 Å². The third-order valence-electron chi connectivity index (χ3n) is 2.32. The van der Waals surface area contributed by atoms with Gasteiger partial charge in [0.1, 0.15) is 11.3 Å². The van der Waals surface area contributed by atoms with E-state index in [0.29, 0.717) is 11.7 Å². The number of nitrogens with zero attached hydrogens (tertiary/aromatic N) is 1. The van der Waals surface area contributed by atoms with Gasteiger partial charge in [0.25, 0.3) is 0 Å². The van der Waals surface area contributed by atoms with Crippen LogP contribution in [-0.4, -0.2) is 17.0 Å². The number of hydrogen-bond donors (Lipinski definition) is 0. The van der Waals surface area contributed by atoms with Gasteiger partial charge in [0.05, 0.1) is 10.9 Å². The van der Waals surface area contributed by atoms with Crippen molar-refractivity contribution < 1.29 is 4.79 Å². The molecule has 1 aromatic rings. The number of carbonyl (C=O) groups excluding carboxylic acids is 1. The molecule has 1 aliphatic heterocycles. The highest BCUT2D eigenvalue weighted by atomic mass is 32.2. The molecule has 1 aliphatic rings. The maximum Gasteiger partial charge on any atom is 0.125 e. The minimum Gasteiger partial charge on any atom is -0.303 e. The first kappa shape index (κ1) is 10.2. The Hall–Kier alpha value is -0.350. The van der Waals surface area contributed by atoms with Gasteiger partial charge >= 0.3 is 0 Å². The number of aromatic nitrogens is 1. The number of rotatable bonds is 3. The van der Waals surface area contributed by atoms with Crippen molar-refractivity contribution in [2.45, 2.75) is 30.9 Å². The van der Waals surface area contributed by atoms with E-state index in [0.717, 1.165) is 12.0 Å². The fourth-order valence-electron chi connectivity index (χ4n) is 1.59. The zero-order chi connectivity index (χ0) is 9.80. The van der Waals surface area contributed by atoms with Crippen LogP contribution in [-0.2, 0) is 11.2 Å². The van der Waals surface area contributed by atoms with E-state index in [1.165, 1.54) is 30.0 Å². The van der Waals surface area contributed by atoms with E-state index in [1.54, 1.807) is 11.3 Å². The molecule has 2 rings (SSSR count). The van der Waals surface area contributed by atoms with Crippen LogP contribution >= 0.6 is 23.1 Å². The van der Waals surface area contributed by atoms with E-state index in [1.807, 2.05) is 17.1 Å². The Morgan fingerprint density at radius 3 is 3.21 bits per heavy atom.